The Kier molecular flexibility index (Phi) is 4.11. The highest BCUT2D eigenvalue weighted by Crippen LogP contribution is 2.43. The van der Waals surface area contributed by atoms with Gasteiger partial charge in [-0.3, -0.25) is 0 Å². The minimum Gasteiger partial charge on any atom is -0.485 e. The molecule has 5 heteroatoms. The first-order chi connectivity index (χ1) is 31.0. The molecular weight excluding hydrogens is 631 g/mol. The van der Waals surface area contributed by atoms with Crippen molar-refractivity contribution in [2.24, 2.45) is 0 Å². The van der Waals surface area contributed by atoms with Gasteiger partial charge in [-0.15, -0.1) is 11.3 Å². The minimum atomic E-state index is -0.781. The topological polar surface area (TPSA) is 47.9 Å². The van der Waals surface area contributed by atoms with E-state index in [0.29, 0.717) is 11.1 Å². The molecule has 6 aromatic carbocycles. The summed E-state index contributed by atoms with van der Waals surface area (Å²) >= 11 is 0.771. The normalized spacial score (nSPS) is 20.4. The van der Waals surface area contributed by atoms with Gasteiger partial charge in [0.05, 0.1) is 20.6 Å². The molecule has 50 heavy (non-hydrogen) atoms. The van der Waals surface area contributed by atoms with E-state index in [4.69, 9.17) is 28.4 Å². The highest BCUT2D eigenvalue weighted by Gasteiger charge is 2.33. The summed E-state index contributed by atoms with van der Waals surface area (Å²) in [6.45, 7) is 0. The number of hydrogen-bond donors (Lipinski definition) is 0. The van der Waals surface area contributed by atoms with Gasteiger partial charge in [-0.25, -0.2) is 15.0 Å². The van der Waals surface area contributed by atoms with Crippen LogP contribution in [-0.2, 0) is 0 Å². The van der Waals surface area contributed by atoms with Crippen molar-refractivity contribution in [3.05, 3.63) is 175 Å². The first kappa shape index (κ1) is 17.5. The third-order valence-corrected chi connectivity index (χ3v) is 9.68. The Hall–Kier alpha value is -6.17. The van der Waals surface area contributed by atoms with Gasteiger partial charge in [-0.2, -0.15) is 0 Å². The highest BCUT2D eigenvalue weighted by atomic mass is 32.1. The molecule has 2 aromatic heterocycles. The SMILES string of the molecule is [2H]c1c([2H])c(-c2nc(C3=CC4Oc5ccccc5C4C=C3)nc(-c3ccccc3)n2)c([2H])c(-c2c([2H])c([2H])c(-c3c([2H])c([2H])c([2H])c4c3sc3c([2H])c([2H])c([2H])c([2H])c34)c([2H])c2[2H])c1[2H]. The van der Waals surface area contributed by atoms with Crippen molar-refractivity contribution >= 4 is 37.1 Å². The van der Waals surface area contributed by atoms with E-state index >= 15 is 0 Å². The predicted octanol–water partition coefficient (Wildman–Crippen LogP) is 11.4. The van der Waals surface area contributed by atoms with Gasteiger partial charge in [0.2, 0.25) is 0 Å². The predicted molar refractivity (Wildman–Crippen MR) is 205 cm³/mol. The van der Waals surface area contributed by atoms with Crippen LogP contribution >= 0.6 is 11.3 Å². The average Bonchev–Trinajstić information content (AvgIpc) is 3.90. The summed E-state index contributed by atoms with van der Waals surface area (Å²) in [6, 6.07) is 6.94. The van der Waals surface area contributed by atoms with E-state index in [2.05, 4.69) is 4.98 Å². The van der Waals surface area contributed by atoms with Crippen LogP contribution in [0.15, 0.2) is 163 Å². The number of fused-ring (bicyclic) bond motifs is 6. The van der Waals surface area contributed by atoms with Crippen LogP contribution in [0.25, 0.3) is 70.8 Å². The highest BCUT2D eigenvalue weighted by molar-refractivity contribution is 7.26. The Balaban J connectivity index is 1.18. The lowest BCUT2D eigenvalue weighted by Gasteiger charge is -2.18. The molecule has 4 nitrogen and oxygen atoms in total. The van der Waals surface area contributed by atoms with Crippen molar-refractivity contribution in [2.45, 2.75) is 12.0 Å². The lowest BCUT2D eigenvalue weighted by Crippen LogP contribution is -2.18. The molecule has 0 saturated carbocycles. The van der Waals surface area contributed by atoms with Crippen molar-refractivity contribution in [3.63, 3.8) is 0 Å². The molecule has 2 unspecified atom stereocenters. The Labute approximate surface area is 314 Å². The lowest BCUT2D eigenvalue weighted by atomic mass is 9.89. The molecule has 10 rings (SSSR count). The average molecular weight is 675 g/mol. The zero-order valence-electron chi connectivity index (χ0n) is 40.7. The molecule has 0 fully saturated rings. The molecule has 1 aliphatic carbocycles. The van der Waals surface area contributed by atoms with E-state index in [0.717, 1.165) is 22.6 Å². The fraction of sp³-hybridized carbons (Fsp3) is 0.0444. The second-order valence-electron chi connectivity index (χ2n) is 11.6. The van der Waals surface area contributed by atoms with Gasteiger partial charge < -0.3 is 4.74 Å². The number of para-hydroxylation sites is 1. The van der Waals surface area contributed by atoms with Crippen LogP contribution in [0.4, 0.5) is 0 Å². The monoisotopic (exact) mass is 674 g/mol. The standard InChI is InChI=1S/C45H29N3OS/c1-2-10-30(11-3-1)43-46-44(48-45(47-43)33-24-25-36-35-14-4-6-18-39(35)49-40(36)27-33)32-13-8-12-31(26-32)28-20-22-29(23-21-28)34-16-9-17-38-37-15-5-7-19-41(37)50-42(34)38/h1-27,36,40H/i5D,7D,8D,9D,12D,13D,15D,16D,17D,19D,20D,21D,22D,23D,26D. The van der Waals surface area contributed by atoms with Crippen molar-refractivity contribution in [1.82, 2.24) is 15.0 Å². The largest absolute Gasteiger partial charge is 0.485 e. The van der Waals surface area contributed by atoms with E-state index in [1.54, 1.807) is 24.3 Å². The van der Waals surface area contributed by atoms with Crippen LogP contribution in [0.2, 0.25) is 0 Å². The quantitative estimate of drug-likeness (QED) is 0.182. The van der Waals surface area contributed by atoms with Gasteiger partial charge >= 0.3 is 0 Å². The number of aromatic nitrogens is 3. The smallest absolute Gasteiger partial charge is 0.164 e. The lowest BCUT2D eigenvalue weighted by molar-refractivity contribution is 0.269. The summed E-state index contributed by atoms with van der Waals surface area (Å²) < 4.78 is 140. The van der Waals surface area contributed by atoms with Crippen molar-refractivity contribution in [2.75, 3.05) is 0 Å². The fourth-order valence-electron chi connectivity index (χ4n) is 6.18. The summed E-state index contributed by atoms with van der Waals surface area (Å²) in [5.41, 5.74) is -0.0703. The summed E-state index contributed by atoms with van der Waals surface area (Å²) in [5, 5.41) is -0.197. The van der Waals surface area contributed by atoms with Gasteiger partial charge in [-0.1, -0.05) is 139 Å². The Bertz CT molecular complexity index is 3470. The summed E-state index contributed by atoms with van der Waals surface area (Å²) in [7, 11) is 0. The molecular formula is C45H29N3OS. The Morgan fingerprint density at radius 1 is 0.600 bits per heavy atom. The molecule has 0 N–H and O–H groups in total. The molecule has 8 aromatic rings. The van der Waals surface area contributed by atoms with Crippen molar-refractivity contribution in [1.29, 1.82) is 0 Å². The van der Waals surface area contributed by atoms with Crippen molar-refractivity contribution < 1.29 is 25.3 Å². The number of hydrogen-bond acceptors (Lipinski definition) is 5. The number of thiophene rings is 1. The zero-order valence-corrected chi connectivity index (χ0v) is 26.6. The van der Waals surface area contributed by atoms with Crippen LogP contribution in [-0.4, -0.2) is 21.1 Å². The molecule has 2 aliphatic rings. The van der Waals surface area contributed by atoms with E-state index in [1.165, 1.54) is 0 Å². The number of benzene rings is 6. The van der Waals surface area contributed by atoms with Crippen molar-refractivity contribution in [3.8, 4) is 50.8 Å². The first-order valence-corrected chi connectivity index (χ1v) is 16.4. The van der Waals surface area contributed by atoms with Crippen LogP contribution < -0.4 is 4.74 Å². The summed E-state index contributed by atoms with van der Waals surface area (Å²) in [4.78, 5) is 14.1. The number of allylic oxidation sites excluding steroid dienone is 2. The maximum Gasteiger partial charge on any atom is 0.164 e. The van der Waals surface area contributed by atoms with E-state index in [1.807, 2.05) is 48.6 Å². The van der Waals surface area contributed by atoms with E-state index in [-0.39, 0.29) is 60.8 Å². The summed E-state index contributed by atoms with van der Waals surface area (Å²) in [6.07, 6.45) is 5.31. The van der Waals surface area contributed by atoms with Gasteiger partial charge in [0.1, 0.15) is 11.9 Å². The molecule has 0 saturated heterocycles. The van der Waals surface area contributed by atoms with Gasteiger partial charge in [0.25, 0.3) is 0 Å². The van der Waals surface area contributed by atoms with E-state index < -0.39 is 107 Å². The molecule has 0 amide bonds. The van der Waals surface area contributed by atoms with Crippen LogP contribution in [0.1, 0.15) is 37.9 Å². The molecule has 1 aliphatic heterocycles. The van der Waals surface area contributed by atoms with Crippen LogP contribution in [0, 0.1) is 0 Å². The Morgan fingerprint density at radius 3 is 2.22 bits per heavy atom. The molecule has 0 bridgehead atoms. The van der Waals surface area contributed by atoms with Gasteiger partial charge in [0.15, 0.2) is 17.5 Å². The minimum absolute atomic E-state index is 0.00986. The number of ether oxygens (including phenoxy) is 1. The third-order valence-electron chi connectivity index (χ3n) is 8.56. The van der Waals surface area contributed by atoms with Crippen LogP contribution in [0.3, 0.4) is 0 Å². The second kappa shape index (κ2) is 11.8. The number of rotatable bonds is 5. The maximum atomic E-state index is 9.54. The molecule has 2 atom stereocenters. The first-order valence-electron chi connectivity index (χ1n) is 23.1. The van der Waals surface area contributed by atoms with Crippen LogP contribution in [0.5, 0.6) is 5.75 Å². The molecule has 3 heterocycles. The summed E-state index contributed by atoms with van der Waals surface area (Å²) in [5.74, 6) is 0.766. The van der Waals surface area contributed by atoms with E-state index in [9.17, 15) is 6.85 Å². The van der Waals surface area contributed by atoms with Gasteiger partial charge in [0, 0.05) is 48.4 Å². The van der Waals surface area contributed by atoms with Gasteiger partial charge in [-0.05, 0) is 46.5 Å². The molecule has 0 spiro atoms. The number of nitrogens with zero attached hydrogens (tertiary/aromatic N) is 3. The third kappa shape index (κ3) is 4.94. The maximum absolute atomic E-state index is 9.54. The molecule has 0 radical (unpaired) electrons. The molecule has 236 valence electrons. The second-order valence-corrected chi connectivity index (χ2v) is 12.6. The zero-order chi connectivity index (χ0) is 46.1. The fourth-order valence-corrected chi connectivity index (χ4v) is 7.25. The Morgan fingerprint density at radius 2 is 1.32 bits per heavy atom.